The first-order chi connectivity index (χ1) is 13.6. The summed E-state index contributed by atoms with van der Waals surface area (Å²) in [6.07, 6.45) is 4.98. The Morgan fingerprint density at radius 2 is 1.97 bits per heavy atom. The molecule has 0 fully saturated rings. The van der Waals surface area contributed by atoms with E-state index >= 15 is 0 Å². The highest BCUT2D eigenvalue weighted by molar-refractivity contribution is 7.19. The lowest BCUT2D eigenvalue weighted by atomic mass is 9.86. The van der Waals surface area contributed by atoms with Crippen LogP contribution in [0.2, 0.25) is 0 Å². The van der Waals surface area contributed by atoms with E-state index in [1.807, 2.05) is 49.4 Å². The van der Waals surface area contributed by atoms with Gasteiger partial charge in [0.2, 0.25) is 0 Å². The molecule has 4 aromatic rings. The number of furan rings is 1. The quantitative estimate of drug-likeness (QED) is 0.347. The maximum Gasteiger partial charge on any atom is 0.195 e. The molecular formula is C24H22ClNO2S. The van der Waals surface area contributed by atoms with E-state index in [4.69, 9.17) is 9.40 Å². The van der Waals surface area contributed by atoms with Crippen LogP contribution in [0.3, 0.4) is 0 Å². The zero-order valence-electron chi connectivity index (χ0n) is 16.4. The molecule has 29 heavy (non-hydrogen) atoms. The van der Waals surface area contributed by atoms with Gasteiger partial charge >= 0.3 is 0 Å². The molecular weight excluding hydrogens is 402 g/mol. The van der Waals surface area contributed by atoms with Crippen LogP contribution in [-0.2, 0) is 12.8 Å². The molecule has 0 spiro atoms. The summed E-state index contributed by atoms with van der Waals surface area (Å²) >= 11 is 1.78. The highest BCUT2D eigenvalue weighted by Crippen LogP contribution is 2.44. The second kappa shape index (κ2) is 7.77. The summed E-state index contributed by atoms with van der Waals surface area (Å²) < 4.78 is 5.82. The van der Waals surface area contributed by atoms with E-state index in [9.17, 15) is 4.79 Å². The molecule has 0 amide bonds. The SMILES string of the molecule is Cc1nc2sc3c(c2c(-c2ccco2)c1C(=O)c1ccccc1)CCC(C)C3.Cl. The van der Waals surface area contributed by atoms with Gasteiger partial charge in [-0.2, -0.15) is 0 Å². The van der Waals surface area contributed by atoms with Gasteiger partial charge in [0.25, 0.3) is 0 Å². The average Bonchev–Trinajstić information content (AvgIpc) is 3.34. The number of hydrogen-bond donors (Lipinski definition) is 0. The first-order valence-corrected chi connectivity index (χ1v) is 10.5. The first kappa shape index (κ1) is 19.9. The van der Waals surface area contributed by atoms with Crippen LogP contribution in [0.25, 0.3) is 21.5 Å². The van der Waals surface area contributed by atoms with Crippen LogP contribution in [0.1, 0.15) is 45.4 Å². The normalized spacial score (nSPS) is 15.7. The number of fused-ring (bicyclic) bond motifs is 3. The summed E-state index contributed by atoms with van der Waals surface area (Å²) in [6, 6.07) is 13.3. The van der Waals surface area contributed by atoms with Gasteiger partial charge in [0.1, 0.15) is 10.6 Å². The van der Waals surface area contributed by atoms with Gasteiger partial charge in [-0.15, -0.1) is 23.7 Å². The minimum atomic E-state index is 0. The van der Waals surface area contributed by atoms with Crippen molar-refractivity contribution in [1.82, 2.24) is 4.98 Å². The molecule has 148 valence electrons. The number of thiophene rings is 1. The van der Waals surface area contributed by atoms with Crippen molar-refractivity contribution in [1.29, 1.82) is 0 Å². The number of carbonyl (C=O) groups is 1. The Bertz CT molecular complexity index is 1180. The van der Waals surface area contributed by atoms with Gasteiger partial charge in [-0.25, -0.2) is 4.98 Å². The zero-order chi connectivity index (χ0) is 19.3. The van der Waals surface area contributed by atoms with Crippen LogP contribution in [0.4, 0.5) is 0 Å². The van der Waals surface area contributed by atoms with E-state index in [2.05, 4.69) is 6.92 Å². The summed E-state index contributed by atoms with van der Waals surface area (Å²) in [5.41, 5.74) is 4.37. The van der Waals surface area contributed by atoms with Crippen molar-refractivity contribution in [3.63, 3.8) is 0 Å². The Balaban J connectivity index is 0.00000205. The molecule has 1 unspecified atom stereocenters. The number of hydrogen-bond acceptors (Lipinski definition) is 4. The molecule has 5 rings (SSSR count). The number of ketones is 1. The molecule has 5 heteroatoms. The zero-order valence-corrected chi connectivity index (χ0v) is 18.0. The molecule has 3 heterocycles. The van der Waals surface area contributed by atoms with Crippen LogP contribution >= 0.6 is 23.7 Å². The van der Waals surface area contributed by atoms with Crippen molar-refractivity contribution in [3.05, 3.63) is 76.0 Å². The van der Waals surface area contributed by atoms with Crippen molar-refractivity contribution >= 4 is 39.7 Å². The summed E-state index contributed by atoms with van der Waals surface area (Å²) in [4.78, 5) is 20.8. The van der Waals surface area contributed by atoms with Crippen molar-refractivity contribution in [2.24, 2.45) is 5.92 Å². The third-order valence-corrected chi connectivity index (χ3v) is 6.80. The molecule has 3 nitrogen and oxygen atoms in total. The lowest BCUT2D eigenvalue weighted by molar-refractivity contribution is 0.103. The van der Waals surface area contributed by atoms with Gasteiger partial charge in [-0.3, -0.25) is 4.79 Å². The third kappa shape index (κ3) is 3.30. The fourth-order valence-electron chi connectivity index (χ4n) is 4.27. The average molecular weight is 424 g/mol. The fraction of sp³-hybridized carbons (Fsp3) is 0.250. The first-order valence-electron chi connectivity index (χ1n) is 9.72. The topological polar surface area (TPSA) is 43.1 Å². The number of carbonyl (C=O) groups excluding carboxylic acids is 1. The Hall–Kier alpha value is -2.43. The molecule has 0 N–H and O–H groups in total. The van der Waals surface area contributed by atoms with E-state index in [1.54, 1.807) is 17.6 Å². The molecule has 3 aromatic heterocycles. The fourth-order valence-corrected chi connectivity index (χ4v) is 5.70. The van der Waals surface area contributed by atoms with Crippen molar-refractivity contribution < 1.29 is 9.21 Å². The second-order valence-corrected chi connectivity index (χ2v) is 8.74. The number of halogens is 1. The molecule has 1 aromatic carbocycles. The van der Waals surface area contributed by atoms with E-state index in [0.717, 1.165) is 40.1 Å². The molecule has 0 bridgehead atoms. The largest absolute Gasteiger partial charge is 0.464 e. The van der Waals surface area contributed by atoms with E-state index in [-0.39, 0.29) is 18.2 Å². The number of rotatable bonds is 3. The van der Waals surface area contributed by atoms with Crippen LogP contribution < -0.4 is 0 Å². The van der Waals surface area contributed by atoms with Crippen molar-refractivity contribution in [2.75, 3.05) is 0 Å². The van der Waals surface area contributed by atoms with Crippen LogP contribution in [0, 0.1) is 12.8 Å². The van der Waals surface area contributed by atoms with Gasteiger partial charge in [-0.1, -0.05) is 37.3 Å². The number of benzene rings is 1. The van der Waals surface area contributed by atoms with Crippen LogP contribution in [-0.4, -0.2) is 10.8 Å². The van der Waals surface area contributed by atoms with Gasteiger partial charge in [0, 0.05) is 21.4 Å². The highest BCUT2D eigenvalue weighted by atomic mass is 35.5. The number of aryl methyl sites for hydroxylation is 2. The minimum Gasteiger partial charge on any atom is -0.464 e. The van der Waals surface area contributed by atoms with E-state index < -0.39 is 0 Å². The van der Waals surface area contributed by atoms with Crippen molar-refractivity contribution in [3.8, 4) is 11.3 Å². The smallest absolute Gasteiger partial charge is 0.195 e. The lowest BCUT2D eigenvalue weighted by Gasteiger charge is -2.19. The molecule has 0 saturated heterocycles. The summed E-state index contributed by atoms with van der Waals surface area (Å²) in [5, 5.41) is 1.12. The van der Waals surface area contributed by atoms with Gasteiger partial charge in [0.15, 0.2) is 5.78 Å². The number of pyridine rings is 1. The van der Waals surface area contributed by atoms with Crippen molar-refractivity contribution in [2.45, 2.75) is 33.1 Å². The Labute approximate surface area is 180 Å². The van der Waals surface area contributed by atoms with Gasteiger partial charge < -0.3 is 4.42 Å². The maximum atomic E-state index is 13.5. The molecule has 0 aliphatic heterocycles. The second-order valence-electron chi connectivity index (χ2n) is 7.65. The minimum absolute atomic E-state index is 0. The monoisotopic (exact) mass is 423 g/mol. The Morgan fingerprint density at radius 3 is 2.69 bits per heavy atom. The molecule has 1 aliphatic carbocycles. The summed E-state index contributed by atoms with van der Waals surface area (Å²) in [6.45, 7) is 4.24. The standard InChI is InChI=1S/C24H21NO2S.ClH/c1-14-10-11-17-19(13-14)28-24-21(17)22(18-9-6-12-27-18)20(15(2)25-24)23(26)16-7-4-3-5-8-16;/h3-9,12,14H,10-11,13H2,1-2H3;1H. The van der Waals surface area contributed by atoms with Gasteiger partial charge in [-0.05, 0) is 49.8 Å². The third-order valence-electron chi connectivity index (χ3n) is 5.65. The molecule has 0 radical (unpaired) electrons. The van der Waals surface area contributed by atoms with Gasteiger partial charge in [0.05, 0.1) is 17.5 Å². The summed E-state index contributed by atoms with van der Waals surface area (Å²) in [5.74, 6) is 1.44. The Kier molecular flexibility index (Phi) is 5.32. The molecule has 1 aliphatic rings. The predicted octanol–water partition coefficient (Wildman–Crippen LogP) is 6.64. The number of aromatic nitrogens is 1. The molecule has 1 atom stereocenters. The number of nitrogens with zero attached hydrogens (tertiary/aromatic N) is 1. The predicted molar refractivity (Wildman–Crippen MR) is 120 cm³/mol. The van der Waals surface area contributed by atoms with E-state index in [1.165, 1.54) is 16.9 Å². The lowest BCUT2D eigenvalue weighted by Crippen LogP contribution is -2.10. The summed E-state index contributed by atoms with van der Waals surface area (Å²) in [7, 11) is 0. The highest BCUT2D eigenvalue weighted by Gasteiger charge is 2.29. The van der Waals surface area contributed by atoms with Crippen LogP contribution in [0.15, 0.2) is 53.1 Å². The molecule has 0 saturated carbocycles. The maximum absolute atomic E-state index is 13.5. The van der Waals surface area contributed by atoms with E-state index in [0.29, 0.717) is 17.0 Å². The van der Waals surface area contributed by atoms with Crippen LogP contribution in [0.5, 0.6) is 0 Å². The Morgan fingerprint density at radius 1 is 1.17 bits per heavy atom.